The molecule has 94 valence electrons. The van der Waals surface area contributed by atoms with Gasteiger partial charge in [-0.1, -0.05) is 18.2 Å². The molecule has 1 atom stereocenters. The summed E-state index contributed by atoms with van der Waals surface area (Å²) in [4.78, 5) is 0. The molecule has 0 fully saturated rings. The molecule has 0 aliphatic rings. The van der Waals surface area contributed by atoms with Gasteiger partial charge in [0.2, 0.25) is 0 Å². The van der Waals surface area contributed by atoms with E-state index in [0.717, 1.165) is 16.7 Å². The molecule has 0 aliphatic heterocycles. The van der Waals surface area contributed by atoms with Gasteiger partial charge < -0.3 is 10.8 Å². The van der Waals surface area contributed by atoms with E-state index >= 15 is 0 Å². The number of rotatable bonds is 3. The normalized spacial score (nSPS) is 12.4. The van der Waals surface area contributed by atoms with E-state index in [1.54, 1.807) is 18.2 Å². The second-order valence-electron chi connectivity index (χ2n) is 4.48. The van der Waals surface area contributed by atoms with Gasteiger partial charge in [0.25, 0.3) is 0 Å². The van der Waals surface area contributed by atoms with E-state index in [1.165, 1.54) is 12.1 Å². The fraction of sp³-hybridized carbons (Fsp3) is 0.200. The van der Waals surface area contributed by atoms with Crippen LogP contribution in [0.25, 0.3) is 0 Å². The van der Waals surface area contributed by atoms with E-state index in [9.17, 15) is 9.50 Å². The lowest BCUT2D eigenvalue weighted by atomic mass is 9.96. The first-order valence-electron chi connectivity index (χ1n) is 5.86. The van der Waals surface area contributed by atoms with Crippen molar-refractivity contribution in [3.05, 3.63) is 65.0 Å². The van der Waals surface area contributed by atoms with Crippen molar-refractivity contribution in [1.82, 2.24) is 0 Å². The lowest BCUT2D eigenvalue weighted by Crippen LogP contribution is -2.14. The standard InChI is InChI=1S/C15H16FNO/c1-10-8-12(16)4-7-14(10)15(17)9-11-2-5-13(18)6-3-11/h2-8,15,18H,9,17H2,1H3. The lowest BCUT2D eigenvalue weighted by Gasteiger charge is -2.15. The second-order valence-corrected chi connectivity index (χ2v) is 4.48. The van der Waals surface area contributed by atoms with Gasteiger partial charge in [-0.25, -0.2) is 4.39 Å². The van der Waals surface area contributed by atoms with Gasteiger partial charge in [0.15, 0.2) is 0 Å². The second kappa shape index (κ2) is 5.19. The fourth-order valence-electron chi connectivity index (χ4n) is 2.05. The Balaban J connectivity index is 2.16. The number of phenols is 1. The van der Waals surface area contributed by atoms with Crippen LogP contribution in [0.15, 0.2) is 42.5 Å². The summed E-state index contributed by atoms with van der Waals surface area (Å²) in [5.41, 5.74) is 8.99. The highest BCUT2D eigenvalue weighted by molar-refractivity contribution is 5.32. The van der Waals surface area contributed by atoms with Crippen LogP contribution in [0.1, 0.15) is 22.7 Å². The van der Waals surface area contributed by atoms with Crippen LogP contribution >= 0.6 is 0 Å². The van der Waals surface area contributed by atoms with E-state index in [0.29, 0.717) is 6.42 Å². The number of aryl methyl sites for hydroxylation is 1. The summed E-state index contributed by atoms with van der Waals surface area (Å²) in [6.07, 6.45) is 0.659. The predicted octanol–water partition coefficient (Wildman–Crippen LogP) is 3.08. The summed E-state index contributed by atoms with van der Waals surface area (Å²) in [6, 6.07) is 11.4. The summed E-state index contributed by atoms with van der Waals surface area (Å²) in [5, 5.41) is 9.21. The summed E-state index contributed by atoms with van der Waals surface area (Å²) in [5.74, 6) is -0.00151. The Bertz CT molecular complexity index is 537. The van der Waals surface area contributed by atoms with Crippen LogP contribution in [0.5, 0.6) is 5.75 Å². The molecule has 0 aliphatic carbocycles. The Labute approximate surface area is 106 Å². The van der Waals surface area contributed by atoms with Gasteiger partial charge in [-0.05, 0) is 54.3 Å². The number of aromatic hydroxyl groups is 1. The van der Waals surface area contributed by atoms with Gasteiger partial charge in [-0.2, -0.15) is 0 Å². The molecule has 0 radical (unpaired) electrons. The van der Waals surface area contributed by atoms with Gasteiger partial charge in [0.1, 0.15) is 11.6 Å². The van der Waals surface area contributed by atoms with Gasteiger partial charge in [-0.3, -0.25) is 0 Å². The van der Waals surface area contributed by atoms with Crippen molar-refractivity contribution >= 4 is 0 Å². The van der Waals surface area contributed by atoms with E-state index < -0.39 is 0 Å². The van der Waals surface area contributed by atoms with Gasteiger partial charge in [0.05, 0.1) is 0 Å². The molecule has 2 aromatic rings. The largest absolute Gasteiger partial charge is 0.508 e. The molecule has 0 saturated heterocycles. The maximum Gasteiger partial charge on any atom is 0.123 e. The molecule has 2 nitrogen and oxygen atoms in total. The van der Waals surface area contributed by atoms with Crippen LogP contribution in [-0.2, 0) is 6.42 Å². The van der Waals surface area contributed by atoms with E-state index in [1.807, 2.05) is 19.1 Å². The monoisotopic (exact) mass is 245 g/mol. The SMILES string of the molecule is Cc1cc(F)ccc1C(N)Cc1ccc(O)cc1. The van der Waals surface area contributed by atoms with E-state index in [-0.39, 0.29) is 17.6 Å². The Kier molecular flexibility index (Phi) is 3.63. The highest BCUT2D eigenvalue weighted by atomic mass is 19.1. The Morgan fingerprint density at radius 2 is 1.83 bits per heavy atom. The number of halogens is 1. The third-order valence-electron chi connectivity index (χ3n) is 3.02. The average Bonchev–Trinajstić information content (AvgIpc) is 2.32. The molecule has 3 N–H and O–H groups in total. The number of nitrogens with two attached hydrogens (primary N) is 1. The molecule has 2 rings (SSSR count). The zero-order valence-corrected chi connectivity index (χ0v) is 10.2. The van der Waals surface area contributed by atoms with Crippen molar-refractivity contribution < 1.29 is 9.50 Å². The summed E-state index contributed by atoms with van der Waals surface area (Å²) < 4.78 is 13.0. The molecule has 0 spiro atoms. The van der Waals surface area contributed by atoms with Crippen molar-refractivity contribution in [2.75, 3.05) is 0 Å². The number of hydrogen-bond acceptors (Lipinski definition) is 2. The maximum atomic E-state index is 13.0. The van der Waals surface area contributed by atoms with Crippen molar-refractivity contribution in [1.29, 1.82) is 0 Å². The molecule has 0 heterocycles. The van der Waals surface area contributed by atoms with Crippen LogP contribution in [0.2, 0.25) is 0 Å². The molecular weight excluding hydrogens is 229 g/mol. The van der Waals surface area contributed by atoms with Crippen LogP contribution in [0.4, 0.5) is 4.39 Å². The van der Waals surface area contributed by atoms with Crippen LogP contribution in [0.3, 0.4) is 0 Å². The highest BCUT2D eigenvalue weighted by Crippen LogP contribution is 2.21. The molecule has 18 heavy (non-hydrogen) atoms. The first kappa shape index (κ1) is 12.6. The molecule has 0 amide bonds. The lowest BCUT2D eigenvalue weighted by molar-refractivity contribution is 0.475. The molecule has 1 unspecified atom stereocenters. The minimum atomic E-state index is -0.243. The van der Waals surface area contributed by atoms with Crippen molar-refractivity contribution in [3.63, 3.8) is 0 Å². The Morgan fingerprint density at radius 3 is 2.44 bits per heavy atom. The summed E-state index contributed by atoms with van der Waals surface area (Å²) in [7, 11) is 0. The Hall–Kier alpha value is -1.87. The van der Waals surface area contributed by atoms with E-state index in [2.05, 4.69) is 0 Å². The predicted molar refractivity (Wildman–Crippen MR) is 69.9 cm³/mol. The maximum absolute atomic E-state index is 13.0. The summed E-state index contributed by atoms with van der Waals surface area (Å²) in [6.45, 7) is 1.86. The van der Waals surface area contributed by atoms with Crippen LogP contribution in [0, 0.1) is 12.7 Å². The molecule has 2 aromatic carbocycles. The topological polar surface area (TPSA) is 46.2 Å². The molecule has 3 heteroatoms. The first-order chi connectivity index (χ1) is 8.56. The van der Waals surface area contributed by atoms with Gasteiger partial charge in [-0.15, -0.1) is 0 Å². The molecule has 0 saturated carbocycles. The zero-order chi connectivity index (χ0) is 13.1. The molecule has 0 aromatic heterocycles. The number of benzene rings is 2. The average molecular weight is 245 g/mol. The first-order valence-corrected chi connectivity index (χ1v) is 5.86. The third kappa shape index (κ3) is 2.87. The zero-order valence-electron chi connectivity index (χ0n) is 10.2. The third-order valence-corrected chi connectivity index (χ3v) is 3.02. The highest BCUT2D eigenvalue weighted by Gasteiger charge is 2.10. The fourth-order valence-corrected chi connectivity index (χ4v) is 2.05. The van der Waals surface area contributed by atoms with Crippen molar-refractivity contribution in [3.8, 4) is 5.75 Å². The minimum Gasteiger partial charge on any atom is -0.508 e. The van der Waals surface area contributed by atoms with Gasteiger partial charge in [0, 0.05) is 6.04 Å². The van der Waals surface area contributed by atoms with E-state index in [4.69, 9.17) is 5.73 Å². The Morgan fingerprint density at radius 1 is 1.17 bits per heavy atom. The summed E-state index contributed by atoms with van der Waals surface area (Å²) >= 11 is 0. The van der Waals surface area contributed by atoms with Crippen LogP contribution < -0.4 is 5.73 Å². The van der Waals surface area contributed by atoms with Crippen LogP contribution in [-0.4, -0.2) is 5.11 Å². The van der Waals surface area contributed by atoms with Crippen molar-refractivity contribution in [2.45, 2.75) is 19.4 Å². The minimum absolute atomic E-state index is 0.171. The van der Waals surface area contributed by atoms with Gasteiger partial charge >= 0.3 is 0 Å². The smallest absolute Gasteiger partial charge is 0.123 e. The van der Waals surface area contributed by atoms with Crippen molar-refractivity contribution in [2.24, 2.45) is 5.73 Å². The molecular formula is C15H16FNO. The molecule has 0 bridgehead atoms. The quantitative estimate of drug-likeness (QED) is 0.872. The number of hydrogen-bond donors (Lipinski definition) is 2. The number of phenolic OH excluding ortho intramolecular Hbond substituents is 1.